The van der Waals surface area contributed by atoms with Gasteiger partial charge in [0.15, 0.2) is 5.82 Å². The van der Waals surface area contributed by atoms with Crippen molar-refractivity contribution in [2.24, 2.45) is 0 Å². The average Bonchev–Trinajstić information content (AvgIpc) is 3.59. The molecule has 1 atom stereocenters. The van der Waals surface area contributed by atoms with Crippen molar-refractivity contribution in [2.45, 2.75) is 25.3 Å². The molecule has 2 aromatic carbocycles. The molecule has 0 spiro atoms. The highest BCUT2D eigenvalue weighted by Gasteiger charge is 2.13. The quantitative estimate of drug-likeness (QED) is 0.301. The van der Waals surface area contributed by atoms with Gasteiger partial charge in [-0.2, -0.15) is 0 Å². The maximum Gasteiger partial charge on any atom is 0.151 e. The predicted octanol–water partition coefficient (Wildman–Crippen LogP) is 5.28. The number of rotatable bonds is 4. The Hall–Kier alpha value is -3.87. The fraction of sp³-hybridized carbons (Fsp3) is 0.192. The van der Waals surface area contributed by atoms with Crippen LogP contribution in [-0.4, -0.2) is 32.5 Å². The number of hydrogen-bond donors (Lipinski definition) is 3. The van der Waals surface area contributed by atoms with E-state index in [0.29, 0.717) is 11.6 Å². The van der Waals surface area contributed by atoms with Crippen LogP contribution in [0.15, 0.2) is 48.8 Å². The molecular weight excluding hydrogens is 466 g/mol. The Bertz CT molecular complexity index is 1610. The first-order chi connectivity index (χ1) is 17.1. The van der Waals surface area contributed by atoms with Crippen LogP contribution >= 0.6 is 11.3 Å². The number of imidazole rings is 1. The lowest BCUT2D eigenvalue weighted by atomic mass is 10.1. The fourth-order valence-electron chi connectivity index (χ4n) is 4.19. The van der Waals surface area contributed by atoms with Gasteiger partial charge in [-0.1, -0.05) is 11.8 Å². The van der Waals surface area contributed by atoms with Crippen molar-refractivity contribution >= 4 is 44.1 Å². The van der Waals surface area contributed by atoms with Gasteiger partial charge < -0.3 is 15.6 Å². The number of aromatic amines is 1. The molecule has 1 aliphatic heterocycles. The molecule has 6 rings (SSSR count). The zero-order chi connectivity index (χ0) is 23.8. The molecule has 0 amide bonds. The smallest absolute Gasteiger partial charge is 0.151 e. The molecule has 5 aromatic rings. The number of thiophene rings is 1. The lowest BCUT2D eigenvalue weighted by Gasteiger charge is -2.05. The van der Waals surface area contributed by atoms with E-state index in [2.05, 4.69) is 42.4 Å². The van der Waals surface area contributed by atoms with E-state index in [-0.39, 0.29) is 18.0 Å². The van der Waals surface area contributed by atoms with Gasteiger partial charge >= 0.3 is 0 Å². The molecule has 9 heteroatoms. The fourth-order valence-corrected chi connectivity index (χ4v) is 5.11. The van der Waals surface area contributed by atoms with Crippen LogP contribution in [0.2, 0.25) is 0 Å². The highest BCUT2D eigenvalue weighted by atomic mass is 32.1. The monoisotopic (exact) mass is 486 g/mol. The Morgan fingerprint density at radius 3 is 2.91 bits per heavy atom. The van der Waals surface area contributed by atoms with E-state index in [1.165, 1.54) is 12.4 Å². The molecule has 3 aromatic heterocycles. The van der Waals surface area contributed by atoms with Crippen molar-refractivity contribution in [2.75, 3.05) is 11.9 Å². The summed E-state index contributed by atoms with van der Waals surface area (Å²) in [6.45, 7) is 1.02. The number of aromatic nitrogens is 4. The number of anilines is 2. The van der Waals surface area contributed by atoms with Gasteiger partial charge in [0.05, 0.1) is 32.2 Å². The van der Waals surface area contributed by atoms with E-state index < -0.39 is 11.6 Å². The number of benzene rings is 2. The van der Waals surface area contributed by atoms with Gasteiger partial charge in [-0.15, -0.1) is 11.3 Å². The SMILES string of the molecule is Fc1ccc(F)c(Cc2nc3ccc(Nc4ncnc5cc(C#C[C@H]6CCCN6)sc45)cc3[nH]2)c1. The first-order valence-electron chi connectivity index (χ1n) is 11.3. The summed E-state index contributed by atoms with van der Waals surface area (Å²) < 4.78 is 28.5. The van der Waals surface area contributed by atoms with Crippen molar-refractivity contribution in [3.8, 4) is 11.8 Å². The molecule has 1 saturated heterocycles. The van der Waals surface area contributed by atoms with E-state index in [4.69, 9.17) is 0 Å². The molecule has 0 saturated carbocycles. The van der Waals surface area contributed by atoms with Crippen LogP contribution < -0.4 is 10.6 Å². The summed E-state index contributed by atoms with van der Waals surface area (Å²) in [6, 6.07) is 11.4. The lowest BCUT2D eigenvalue weighted by Crippen LogP contribution is -2.18. The van der Waals surface area contributed by atoms with Crippen LogP contribution in [-0.2, 0) is 6.42 Å². The van der Waals surface area contributed by atoms with Crippen molar-refractivity contribution in [3.63, 3.8) is 0 Å². The third-order valence-electron chi connectivity index (χ3n) is 5.90. The summed E-state index contributed by atoms with van der Waals surface area (Å²) in [5.41, 5.74) is 3.45. The Kier molecular flexibility index (Phi) is 5.60. The van der Waals surface area contributed by atoms with E-state index in [0.717, 1.165) is 63.3 Å². The lowest BCUT2D eigenvalue weighted by molar-refractivity contribution is 0.587. The molecular formula is C26H20F2N6S. The van der Waals surface area contributed by atoms with E-state index in [1.54, 1.807) is 11.3 Å². The minimum Gasteiger partial charge on any atom is -0.342 e. The summed E-state index contributed by atoms with van der Waals surface area (Å²) in [7, 11) is 0. The summed E-state index contributed by atoms with van der Waals surface area (Å²) in [4.78, 5) is 17.5. The molecule has 0 aliphatic carbocycles. The van der Waals surface area contributed by atoms with E-state index >= 15 is 0 Å². The van der Waals surface area contributed by atoms with E-state index in [9.17, 15) is 8.78 Å². The van der Waals surface area contributed by atoms with Gasteiger partial charge in [0.2, 0.25) is 0 Å². The van der Waals surface area contributed by atoms with Crippen molar-refractivity contribution in [1.82, 2.24) is 25.3 Å². The number of nitrogens with zero attached hydrogens (tertiary/aromatic N) is 3. The standard InChI is InChI=1S/C26H20F2N6S/c27-16-3-7-20(28)15(10-16)11-24-33-21-8-5-18(12-22(21)34-24)32-26-25-23(30-14-31-26)13-19(35-25)6-4-17-2-1-9-29-17/h3,5,7-8,10,12-14,17,29H,1-2,9,11H2,(H,33,34)(H,30,31,32)/t17-/m1/s1. The molecule has 0 radical (unpaired) electrons. The van der Waals surface area contributed by atoms with Crippen LogP contribution in [0.3, 0.4) is 0 Å². The highest BCUT2D eigenvalue weighted by Crippen LogP contribution is 2.31. The summed E-state index contributed by atoms with van der Waals surface area (Å²) >= 11 is 1.56. The van der Waals surface area contributed by atoms with Gasteiger partial charge in [-0.3, -0.25) is 0 Å². The maximum atomic E-state index is 14.0. The van der Waals surface area contributed by atoms with Crippen molar-refractivity contribution in [1.29, 1.82) is 0 Å². The maximum absolute atomic E-state index is 14.0. The minimum absolute atomic E-state index is 0.170. The second-order valence-corrected chi connectivity index (χ2v) is 9.47. The summed E-state index contributed by atoms with van der Waals surface area (Å²) in [5, 5.41) is 6.75. The van der Waals surface area contributed by atoms with Gasteiger partial charge in [0, 0.05) is 12.1 Å². The molecule has 0 unspecified atom stereocenters. The molecule has 1 aliphatic rings. The molecule has 1 fully saturated rings. The predicted molar refractivity (Wildman–Crippen MR) is 134 cm³/mol. The van der Waals surface area contributed by atoms with Crippen LogP contribution in [0.25, 0.3) is 21.3 Å². The number of H-pyrrole nitrogens is 1. The normalized spacial score (nSPS) is 15.4. The average molecular weight is 487 g/mol. The number of nitrogens with one attached hydrogen (secondary N) is 3. The van der Waals surface area contributed by atoms with E-state index in [1.807, 2.05) is 24.3 Å². The largest absolute Gasteiger partial charge is 0.342 e. The molecule has 4 heterocycles. The second kappa shape index (κ2) is 9.06. The number of hydrogen-bond acceptors (Lipinski definition) is 6. The zero-order valence-corrected chi connectivity index (χ0v) is 19.3. The second-order valence-electron chi connectivity index (χ2n) is 8.42. The Morgan fingerprint density at radius 1 is 1.09 bits per heavy atom. The summed E-state index contributed by atoms with van der Waals surface area (Å²) in [5.74, 6) is 6.90. The summed E-state index contributed by atoms with van der Waals surface area (Å²) in [6.07, 6.45) is 3.95. The minimum atomic E-state index is -0.474. The molecule has 174 valence electrons. The Balaban J connectivity index is 1.25. The third kappa shape index (κ3) is 4.58. The van der Waals surface area contributed by atoms with Crippen molar-refractivity contribution < 1.29 is 8.78 Å². The first kappa shape index (κ1) is 21.6. The van der Waals surface area contributed by atoms with Gasteiger partial charge in [-0.05, 0) is 67.4 Å². The van der Waals surface area contributed by atoms with Crippen LogP contribution in [0.4, 0.5) is 20.3 Å². The van der Waals surface area contributed by atoms with Crippen LogP contribution in [0.5, 0.6) is 0 Å². The molecule has 0 bridgehead atoms. The number of fused-ring (bicyclic) bond motifs is 2. The van der Waals surface area contributed by atoms with Gasteiger partial charge in [0.1, 0.15) is 23.8 Å². The zero-order valence-electron chi connectivity index (χ0n) is 18.5. The van der Waals surface area contributed by atoms with Gasteiger partial charge in [-0.25, -0.2) is 23.7 Å². The topological polar surface area (TPSA) is 78.5 Å². The third-order valence-corrected chi connectivity index (χ3v) is 6.95. The molecule has 35 heavy (non-hydrogen) atoms. The Morgan fingerprint density at radius 2 is 2.03 bits per heavy atom. The Labute approximate surface area is 203 Å². The first-order valence-corrected chi connectivity index (χ1v) is 12.1. The van der Waals surface area contributed by atoms with Crippen molar-refractivity contribution in [3.05, 3.63) is 76.7 Å². The molecule has 6 nitrogen and oxygen atoms in total. The number of halogens is 2. The van der Waals surface area contributed by atoms with Crippen LogP contribution in [0.1, 0.15) is 29.1 Å². The highest BCUT2D eigenvalue weighted by molar-refractivity contribution is 7.20. The van der Waals surface area contributed by atoms with Crippen LogP contribution in [0, 0.1) is 23.5 Å². The van der Waals surface area contributed by atoms with Gasteiger partial charge in [0.25, 0.3) is 0 Å². The molecule has 3 N–H and O–H groups in total.